The van der Waals surface area contributed by atoms with E-state index in [4.69, 9.17) is 5.73 Å². The maximum absolute atomic E-state index is 13.1. The smallest absolute Gasteiger partial charge is 0.262 e. The number of piperidine rings is 1. The van der Waals surface area contributed by atoms with Gasteiger partial charge in [0.25, 0.3) is 11.8 Å². The van der Waals surface area contributed by atoms with E-state index >= 15 is 0 Å². The molecule has 2 aliphatic heterocycles. The lowest BCUT2D eigenvalue weighted by Gasteiger charge is -2.28. The number of nitrogens with one attached hydrogen (secondary N) is 1. The second-order valence-corrected chi connectivity index (χ2v) is 7.66. The first kappa shape index (κ1) is 19.8. The highest BCUT2D eigenvalue weighted by molar-refractivity contribution is 6.24. The number of nitrogen functional groups attached to an aromatic ring is 1. The minimum absolute atomic E-state index is 0.0951. The van der Waals surface area contributed by atoms with Crippen LogP contribution in [0.15, 0.2) is 42.5 Å². The molecule has 4 rings (SSSR count). The van der Waals surface area contributed by atoms with Gasteiger partial charge in [0.2, 0.25) is 11.8 Å². The zero-order valence-corrected chi connectivity index (χ0v) is 16.6. The fourth-order valence-electron chi connectivity index (χ4n) is 4.03. The van der Waals surface area contributed by atoms with Gasteiger partial charge in [-0.2, -0.15) is 0 Å². The minimum Gasteiger partial charge on any atom is -0.398 e. The Hall–Kier alpha value is -3.52. The van der Waals surface area contributed by atoms with Crippen molar-refractivity contribution in [3.8, 4) is 0 Å². The molecule has 0 aliphatic carbocycles. The molecular weight excluding hydrogens is 384 g/mol. The maximum Gasteiger partial charge on any atom is 0.262 e. The van der Waals surface area contributed by atoms with E-state index in [0.29, 0.717) is 29.9 Å². The molecule has 154 valence electrons. The molecule has 1 fully saturated rings. The molecule has 2 aromatic rings. The predicted octanol–water partition coefficient (Wildman–Crippen LogP) is 1.30. The number of carbonyl (C=O) groups is 4. The van der Waals surface area contributed by atoms with Gasteiger partial charge in [-0.05, 0) is 36.7 Å². The average Bonchev–Trinajstić information content (AvgIpc) is 2.95. The van der Waals surface area contributed by atoms with Crippen molar-refractivity contribution in [2.75, 3.05) is 12.8 Å². The number of rotatable bonds is 5. The molecule has 1 saturated heterocycles. The normalized spacial score (nSPS) is 18.7. The van der Waals surface area contributed by atoms with Crippen molar-refractivity contribution < 1.29 is 19.2 Å². The van der Waals surface area contributed by atoms with Gasteiger partial charge >= 0.3 is 0 Å². The second kappa shape index (κ2) is 7.72. The van der Waals surface area contributed by atoms with Gasteiger partial charge in [0.05, 0.1) is 11.1 Å². The fraction of sp³-hybridized carbons (Fsp3) is 0.273. The molecular formula is C22H22N4O4. The number of nitrogens with two attached hydrogens (primary N) is 1. The van der Waals surface area contributed by atoms with E-state index in [1.165, 1.54) is 0 Å². The van der Waals surface area contributed by atoms with Crippen molar-refractivity contribution in [1.82, 2.24) is 15.1 Å². The van der Waals surface area contributed by atoms with Gasteiger partial charge in [0.1, 0.15) is 6.04 Å². The molecule has 3 N–H and O–H groups in total. The van der Waals surface area contributed by atoms with Gasteiger partial charge in [-0.25, -0.2) is 0 Å². The first-order valence-corrected chi connectivity index (χ1v) is 9.72. The van der Waals surface area contributed by atoms with E-state index in [-0.39, 0.29) is 18.4 Å². The Morgan fingerprint density at radius 3 is 2.43 bits per heavy atom. The monoisotopic (exact) mass is 406 g/mol. The summed E-state index contributed by atoms with van der Waals surface area (Å²) in [6.07, 6.45) is 0.233. The van der Waals surface area contributed by atoms with Crippen LogP contribution in [0, 0.1) is 0 Å². The van der Waals surface area contributed by atoms with Gasteiger partial charge in [0, 0.05) is 25.2 Å². The highest BCUT2D eigenvalue weighted by atomic mass is 16.2. The summed E-state index contributed by atoms with van der Waals surface area (Å²) >= 11 is 0. The lowest BCUT2D eigenvalue weighted by molar-refractivity contribution is -0.136. The second-order valence-electron chi connectivity index (χ2n) is 7.66. The number of para-hydroxylation sites is 1. The Morgan fingerprint density at radius 2 is 1.70 bits per heavy atom. The van der Waals surface area contributed by atoms with Crippen LogP contribution in [0.25, 0.3) is 0 Å². The molecule has 2 heterocycles. The maximum atomic E-state index is 13.1. The van der Waals surface area contributed by atoms with Crippen LogP contribution in [0.2, 0.25) is 0 Å². The zero-order valence-electron chi connectivity index (χ0n) is 16.6. The van der Waals surface area contributed by atoms with Crippen LogP contribution in [-0.4, -0.2) is 46.5 Å². The SMILES string of the molecule is CN(Cc1ccccc1N)Cc1cccc2c1C(=O)N(C1CCC(=O)NC1=O)C2=O. The van der Waals surface area contributed by atoms with E-state index in [2.05, 4.69) is 5.32 Å². The summed E-state index contributed by atoms with van der Waals surface area (Å²) in [5, 5.41) is 2.21. The predicted molar refractivity (Wildman–Crippen MR) is 109 cm³/mol. The Labute approximate surface area is 173 Å². The molecule has 0 bridgehead atoms. The molecule has 2 aromatic carbocycles. The van der Waals surface area contributed by atoms with Crippen LogP contribution >= 0.6 is 0 Å². The summed E-state index contributed by atoms with van der Waals surface area (Å²) in [5.74, 6) is -2.00. The van der Waals surface area contributed by atoms with Crippen LogP contribution in [0.4, 0.5) is 5.69 Å². The van der Waals surface area contributed by atoms with Crippen LogP contribution in [0.3, 0.4) is 0 Å². The van der Waals surface area contributed by atoms with Gasteiger partial charge in [-0.15, -0.1) is 0 Å². The summed E-state index contributed by atoms with van der Waals surface area (Å²) in [7, 11) is 1.91. The molecule has 4 amide bonds. The van der Waals surface area contributed by atoms with Crippen LogP contribution < -0.4 is 11.1 Å². The highest BCUT2D eigenvalue weighted by Gasteiger charge is 2.45. The molecule has 1 unspecified atom stereocenters. The van der Waals surface area contributed by atoms with Crippen LogP contribution in [0.5, 0.6) is 0 Å². The largest absolute Gasteiger partial charge is 0.398 e. The molecule has 0 saturated carbocycles. The summed E-state index contributed by atoms with van der Waals surface area (Å²) in [6, 6.07) is 11.7. The van der Waals surface area contributed by atoms with Gasteiger partial charge in [-0.3, -0.25) is 34.3 Å². The lowest BCUT2D eigenvalue weighted by Crippen LogP contribution is -2.54. The zero-order chi connectivity index (χ0) is 21.4. The Kier molecular flexibility index (Phi) is 5.09. The number of amides is 4. The van der Waals surface area contributed by atoms with Gasteiger partial charge < -0.3 is 5.73 Å². The first-order valence-electron chi connectivity index (χ1n) is 9.72. The third-order valence-corrected chi connectivity index (χ3v) is 5.49. The number of fused-ring (bicyclic) bond motifs is 1. The lowest BCUT2D eigenvalue weighted by atomic mass is 10.0. The standard InChI is InChI=1S/C22H22N4O4/c1-25(11-13-5-2-3-8-16(13)23)12-14-6-4-7-15-19(14)22(30)26(21(15)29)17-9-10-18(27)24-20(17)28/h2-8,17H,9-12,23H2,1H3,(H,24,27,28). The summed E-state index contributed by atoms with van der Waals surface area (Å²) in [6.45, 7) is 1.01. The average molecular weight is 406 g/mol. The number of hydrogen-bond donors (Lipinski definition) is 2. The molecule has 8 heteroatoms. The Morgan fingerprint density at radius 1 is 1.00 bits per heavy atom. The van der Waals surface area contributed by atoms with E-state index in [1.54, 1.807) is 12.1 Å². The number of imide groups is 2. The van der Waals surface area contributed by atoms with Gasteiger partial charge in [-0.1, -0.05) is 30.3 Å². The minimum atomic E-state index is -0.968. The number of carbonyl (C=O) groups excluding carboxylic acids is 4. The quantitative estimate of drug-likeness (QED) is 0.572. The number of hydrogen-bond acceptors (Lipinski definition) is 6. The Balaban J connectivity index is 1.58. The molecule has 0 radical (unpaired) electrons. The molecule has 2 aliphatic rings. The van der Waals surface area contributed by atoms with Crippen molar-refractivity contribution in [3.05, 3.63) is 64.7 Å². The fourth-order valence-corrected chi connectivity index (χ4v) is 4.03. The van der Waals surface area contributed by atoms with Crippen molar-refractivity contribution in [2.24, 2.45) is 0 Å². The van der Waals surface area contributed by atoms with E-state index < -0.39 is 29.7 Å². The number of anilines is 1. The summed E-state index contributed by atoms with van der Waals surface area (Å²) < 4.78 is 0. The van der Waals surface area contributed by atoms with E-state index in [9.17, 15) is 19.2 Å². The number of benzene rings is 2. The van der Waals surface area contributed by atoms with Crippen molar-refractivity contribution in [2.45, 2.75) is 32.0 Å². The number of nitrogens with zero attached hydrogens (tertiary/aromatic N) is 2. The Bertz CT molecular complexity index is 1060. The summed E-state index contributed by atoms with van der Waals surface area (Å²) in [4.78, 5) is 52.7. The van der Waals surface area contributed by atoms with E-state index in [0.717, 1.165) is 10.5 Å². The van der Waals surface area contributed by atoms with Crippen LogP contribution in [0.1, 0.15) is 44.7 Å². The third kappa shape index (κ3) is 3.46. The molecule has 0 spiro atoms. The van der Waals surface area contributed by atoms with Crippen molar-refractivity contribution >= 4 is 29.3 Å². The molecule has 0 aromatic heterocycles. The van der Waals surface area contributed by atoms with Crippen molar-refractivity contribution in [3.63, 3.8) is 0 Å². The summed E-state index contributed by atoms with van der Waals surface area (Å²) in [5.41, 5.74) is 9.00. The molecule has 30 heavy (non-hydrogen) atoms. The van der Waals surface area contributed by atoms with Crippen LogP contribution in [-0.2, 0) is 22.7 Å². The third-order valence-electron chi connectivity index (χ3n) is 5.49. The van der Waals surface area contributed by atoms with Gasteiger partial charge in [0.15, 0.2) is 0 Å². The van der Waals surface area contributed by atoms with E-state index in [1.807, 2.05) is 42.3 Å². The molecule has 1 atom stereocenters. The van der Waals surface area contributed by atoms with Crippen molar-refractivity contribution in [1.29, 1.82) is 0 Å². The first-order chi connectivity index (χ1) is 14.4. The molecule has 8 nitrogen and oxygen atoms in total. The highest BCUT2D eigenvalue weighted by Crippen LogP contribution is 2.30. The topological polar surface area (TPSA) is 113 Å².